The Morgan fingerprint density at radius 1 is 1.00 bits per heavy atom. The molecule has 2 aromatic carbocycles. The molecule has 3 aromatic heterocycles. The molecule has 3 heterocycles. The van der Waals surface area contributed by atoms with Crippen LogP contribution in [0.2, 0.25) is 0 Å². The topological polar surface area (TPSA) is 94.8 Å². The number of anilines is 1. The summed E-state index contributed by atoms with van der Waals surface area (Å²) in [5, 5.41) is 8.14. The number of nitrogens with one attached hydrogen (secondary N) is 1. The average molecular weight is 501 g/mol. The number of rotatable bonds is 7. The highest BCUT2D eigenvalue weighted by molar-refractivity contribution is 5.96. The lowest BCUT2D eigenvalue weighted by Crippen LogP contribution is -2.21. The molecule has 0 aliphatic rings. The summed E-state index contributed by atoms with van der Waals surface area (Å²) in [4.78, 5) is 25.8. The number of amides is 1. The predicted octanol–water partition coefficient (Wildman–Crippen LogP) is 5.41. The number of fused-ring (bicyclic) bond motifs is 1. The molecule has 5 aromatic rings. The van der Waals surface area contributed by atoms with Crippen LogP contribution in [-0.4, -0.2) is 37.3 Å². The van der Waals surface area contributed by atoms with Crippen LogP contribution >= 0.6 is 0 Å². The van der Waals surface area contributed by atoms with Crippen molar-refractivity contribution < 1.29 is 18.3 Å². The fourth-order valence-electron chi connectivity index (χ4n) is 4.13. The van der Waals surface area contributed by atoms with Crippen molar-refractivity contribution in [3.8, 4) is 28.1 Å². The summed E-state index contributed by atoms with van der Waals surface area (Å²) in [6.45, 7) is 0.951. The second-order valence-corrected chi connectivity index (χ2v) is 8.39. The highest BCUT2D eigenvalue weighted by Gasteiger charge is 2.17. The van der Waals surface area contributed by atoms with Gasteiger partial charge in [-0.05, 0) is 61.4 Å². The lowest BCUT2D eigenvalue weighted by atomic mass is 10.0. The molecule has 1 N–H and O–H groups in total. The van der Waals surface area contributed by atoms with Crippen LogP contribution < -0.4 is 10.1 Å². The van der Waals surface area contributed by atoms with Crippen molar-refractivity contribution in [1.82, 2.24) is 24.7 Å². The van der Waals surface area contributed by atoms with Crippen molar-refractivity contribution in [2.75, 3.05) is 5.32 Å². The Bertz CT molecular complexity index is 1580. The van der Waals surface area contributed by atoms with Gasteiger partial charge < -0.3 is 4.74 Å². The molecular formula is C27H22F2N6O2. The molecule has 0 aliphatic heterocycles. The summed E-state index contributed by atoms with van der Waals surface area (Å²) in [7, 11) is 0. The summed E-state index contributed by atoms with van der Waals surface area (Å²) >= 11 is 0. The second kappa shape index (κ2) is 10.1. The van der Waals surface area contributed by atoms with Crippen LogP contribution in [-0.2, 0) is 11.3 Å². The number of benzene rings is 2. The van der Waals surface area contributed by atoms with Crippen LogP contribution in [0.4, 0.5) is 14.7 Å². The first-order valence-electron chi connectivity index (χ1n) is 11.4. The number of aromatic nitrogens is 5. The van der Waals surface area contributed by atoms with E-state index in [-0.39, 0.29) is 24.1 Å². The maximum absolute atomic E-state index is 12.9. The minimum atomic E-state index is -2.90. The van der Waals surface area contributed by atoms with Gasteiger partial charge in [0, 0.05) is 23.3 Å². The molecule has 37 heavy (non-hydrogen) atoms. The third-order valence-electron chi connectivity index (χ3n) is 5.71. The number of halogens is 2. The van der Waals surface area contributed by atoms with Gasteiger partial charge in [-0.2, -0.15) is 13.9 Å². The van der Waals surface area contributed by atoms with Crippen LogP contribution in [0, 0.1) is 13.8 Å². The number of nitrogens with zero attached hydrogens (tertiary/aromatic N) is 5. The predicted molar refractivity (Wildman–Crippen MR) is 135 cm³/mol. The van der Waals surface area contributed by atoms with E-state index < -0.39 is 6.61 Å². The number of alkyl halides is 2. The lowest BCUT2D eigenvalue weighted by molar-refractivity contribution is -0.116. The number of aryl methyl sites for hydroxylation is 2. The number of pyridine rings is 1. The Hall–Kier alpha value is -4.73. The molecule has 0 bridgehead atoms. The zero-order valence-corrected chi connectivity index (χ0v) is 20.0. The molecule has 0 fully saturated rings. The van der Waals surface area contributed by atoms with Gasteiger partial charge in [0.1, 0.15) is 12.3 Å². The SMILES string of the molecule is Cc1cccc(-c2ccnc3c2c(C)nn3CC(=O)Nc2nccc(-c3ccc(OC(F)F)cc3)n2)c1. The van der Waals surface area contributed by atoms with Gasteiger partial charge in [0.05, 0.1) is 11.4 Å². The fraction of sp³-hybridized carbons (Fsp3) is 0.148. The van der Waals surface area contributed by atoms with E-state index in [1.807, 2.05) is 38.1 Å². The molecule has 10 heteroatoms. The van der Waals surface area contributed by atoms with E-state index in [1.54, 1.807) is 29.1 Å². The quantitative estimate of drug-likeness (QED) is 0.321. The van der Waals surface area contributed by atoms with Gasteiger partial charge in [-0.25, -0.2) is 19.6 Å². The Kier molecular flexibility index (Phi) is 6.55. The monoisotopic (exact) mass is 500 g/mol. The molecule has 0 unspecified atom stereocenters. The number of carbonyl (C=O) groups is 1. The van der Waals surface area contributed by atoms with Crippen molar-refractivity contribution in [3.63, 3.8) is 0 Å². The smallest absolute Gasteiger partial charge is 0.387 e. The van der Waals surface area contributed by atoms with E-state index in [9.17, 15) is 13.6 Å². The molecule has 0 radical (unpaired) electrons. The highest BCUT2D eigenvalue weighted by atomic mass is 19.3. The first kappa shape index (κ1) is 24.0. The first-order chi connectivity index (χ1) is 17.9. The molecule has 186 valence electrons. The van der Waals surface area contributed by atoms with Crippen molar-refractivity contribution >= 4 is 22.9 Å². The molecular weight excluding hydrogens is 478 g/mol. The van der Waals surface area contributed by atoms with Crippen molar-refractivity contribution in [3.05, 3.63) is 84.3 Å². The fourth-order valence-corrected chi connectivity index (χ4v) is 4.13. The Morgan fingerprint density at radius 3 is 2.54 bits per heavy atom. The summed E-state index contributed by atoms with van der Waals surface area (Å²) < 4.78 is 30.7. The average Bonchev–Trinajstić information content (AvgIpc) is 3.19. The van der Waals surface area contributed by atoms with Crippen LogP contribution in [0.15, 0.2) is 73.1 Å². The summed E-state index contributed by atoms with van der Waals surface area (Å²) in [6.07, 6.45) is 3.21. The zero-order valence-electron chi connectivity index (χ0n) is 20.0. The van der Waals surface area contributed by atoms with Gasteiger partial charge in [-0.15, -0.1) is 0 Å². The van der Waals surface area contributed by atoms with Gasteiger partial charge in [-0.1, -0.05) is 29.8 Å². The second-order valence-electron chi connectivity index (χ2n) is 8.39. The minimum Gasteiger partial charge on any atom is -0.435 e. The Balaban J connectivity index is 1.35. The molecule has 0 aliphatic carbocycles. The molecule has 0 atom stereocenters. The summed E-state index contributed by atoms with van der Waals surface area (Å²) in [5.74, 6) is -0.218. The number of hydrogen-bond acceptors (Lipinski definition) is 6. The maximum Gasteiger partial charge on any atom is 0.387 e. The van der Waals surface area contributed by atoms with Crippen LogP contribution in [0.1, 0.15) is 11.3 Å². The molecule has 0 saturated heterocycles. The lowest BCUT2D eigenvalue weighted by Gasteiger charge is -2.08. The van der Waals surface area contributed by atoms with Gasteiger partial charge in [0.15, 0.2) is 5.65 Å². The first-order valence-corrected chi connectivity index (χ1v) is 11.4. The third-order valence-corrected chi connectivity index (χ3v) is 5.71. The Morgan fingerprint density at radius 2 is 1.78 bits per heavy atom. The van der Waals surface area contributed by atoms with Crippen molar-refractivity contribution in [2.24, 2.45) is 0 Å². The Labute approximate surface area is 211 Å². The molecule has 8 nitrogen and oxygen atoms in total. The highest BCUT2D eigenvalue weighted by Crippen LogP contribution is 2.30. The van der Waals surface area contributed by atoms with E-state index in [0.717, 1.165) is 27.8 Å². The largest absolute Gasteiger partial charge is 0.435 e. The molecule has 1 amide bonds. The van der Waals surface area contributed by atoms with Crippen molar-refractivity contribution in [2.45, 2.75) is 27.0 Å². The number of carbonyl (C=O) groups excluding carboxylic acids is 1. The third kappa shape index (κ3) is 5.27. The molecule has 0 spiro atoms. The zero-order chi connectivity index (χ0) is 25.9. The molecule has 5 rings (SSSR count). The van der Waals surface area contributed by atoms with E-state index >= 15 is 0 Å². The van der Waals surface area contributed by atoms with Crippen LogP contribution in [0.5, 0.6) is 5.75 Å². The van der Waals surface area contributed by atoms with Crippen LogP contribution in [0.3, 0.4) is 0 Å². The van der Waals surface area contributed by atoms with Gasteiger partial charge >= 0.3 is 6.61 Å². The standard InChI is InChI=1S/C27H22F2N6O2/c1-16-4-3-5-19(14-16)21-10-12-30-25-24(21)17(2)34-35(25)15-23(36)33-27-31-13-11-22(32-27)18-6-8-20(9-7-18)37-26(28)29/h3-14,26H,15H2,1-2H3,(H,31,32,33,36). The van der Waals surface area contributed by atoms with E-state index in [0.29, 0.717) is 16.9 Å². The minimum absolute atomic E-state index is 0.0437. The summed E-state index contributed by atoms with van der Waals surface area (Å²) in [6, 6.07) is 17.8. The maximum atomic E-state index is 12.9. The van der Waals surface area contributed by atoms with Crippen molar-refractivity contribution in [1.29, 1.82) is 0 Å². The van der Waals surface area contributed by atoms with E-state index in [2.05, 4.69) is 36.2 Å². The van der Waals surface area contributed by atoms with Gasteiger partial charge in [-0.3, -0.25) is 10.1 Å². The summed E-state index contributed by atoms with van der Waals surface area (Å²) in [5.41, 5.74) is 5.74. The number of ether oxygens (including phenoxy) is 1. The van der Waals surface area contributed by atoms with Gasteiger partial charge in [0.25, 0.3) is 0 Å². The molecule has 0 saturated carbocycles. The number of hydrogen-bond donors (Lipinski definition) is 1. The van der Waals surface area contributed by atoms with Crippen LogP contribution in [0.25, 0.3) is 33.4 Å². The van der Waals surface area contributed by atoms with Gasteiger partial charge in [0.2, 0.25) is 11.9 Å². The van der Waals surface area contributed by atoms with E-state index in [1.165, 1.54) is 18.3 Å². The van der Waals surface area contributed by atoms with E-state index in [4.69, 9.17) is 0 Å². The normalized spacial score (nSPS) is 11.2.